The second kappa shape index (κ2) is 11.0. The molecule has 0 aliphatic carbocycles. The highest BCUT2D eigenvalue weighted by atomic mass is 32.1. The van der Waals surface area contributed by atoms with Crippen molar-refractivity contribution < 1.29 is 19.4 Å². The highest BCUT2D eigenvalue weighted by molar-refractivity contribution is 7.10. The number of hydrogen-bond acceptors (Lipinski definition) is 9. The molecule has 3 aromatic heterocycles. The van der Waals surface area contributed by atoms with Gasteiger partial charge in [0.25, 0.3) is 11.8 Å². The highest BCUT2D eigenvalue weighted by Gasteiger charge is 2.23. The average Bonchev–Trinajstić information content (AvgIpc) is 3.44. The summed E-state index contributed by atoms with van der Waals surface area (Å²) >= 11 is 1.60. The molecule has 4 aromatic rings. The summed E-state index contributed by atoms with van der Waals surface area (Å²) in [7, 11) is 3.11. The molecule has 5 rings (SSSR count). The minimum Gasteiger partial charge on any atom is -0.493 e. The van der Waals surface area contributed by atoms with Crippen molar-refractivity contribution in [2.45, 2.75) is 40.3 Å². The zero-order chi connectivity index (χ0) is 28.6. The zero-order valence-corrected chi connectivity index (χ0v) is 23.8. The van der Waals surface area contributed by atoms with Gasteiger partial charge in [-0.2, -0.15) is 0 Å². The summed E-state index contributed by atoms with van der Waals surface area (Å²) in [5, 5.41) is 21.8. The number of nitrogens with zero attached hydrogens (tertiary/aromatic N) is 6. The lowest BCUT2D eigenvalue weighted by atomic mass is 9.97. The van der Waals surface area contributed by atoms with Crippen LogP contribution in [0, 0.1) is 13.8 Å². The number of nitrogens with one attached hydrogen (secondary N) is 1. The van der Waals surface area contributed by atoms with Crippen LogP contribution in [0.1, 0.15) is 33.4 Å². The summed E-state index contributed by atoms with van der Waals surface area (Å²) in [6.07, 6.45) is 0.648. The van der Waals surface area contributed by atoms with E-state index in [2.05, 4.69) is 15.6 Å². The number of thiophene rings is 1. The van der Waals surface area contributed by atoms with E-state index in [1.807, 2.05) is 44.4 Å². The maximum absolute atomic E-state index is 13.9. The number of rotatable bonds is 8. The number of benzene rings is 1. The van der Waals surface area contributed by atoms with Crippen molar-refractivity contribution in [3.8, 4) is 28.6 Å². The van der Waals surface area contributed by atoms with Crippen LogP contribution in [-0.4, -0.2) is 55.4 Å². The predicted molar refractivity (Wildman–Crippen MR) is 150 cm³/mol. The Balaban J connectivity index is 1.60. The fourth-order valence-corrected chi connectivity index (χ4v) is 5.67. The molecule has 0 atom stereocenters. The summed E-state index contributed by atoms with van der Waals surface area (Å²) in [5.41, 5.74) is 4.70. The largest absolute Gasteiger partial charge is 0.493 e. The Morgan fingerprint density at radius 1 is 1.25 bits per heavy atom. The van der Waals surface area contributed by atoms with Crippen LogP contribution >= 0.6 is 11.3 Å². The maximum atomic E-state index is 13.9. The van der Waals surface area contributed by atoms with E-state index in [9.17, 15) is 14.7 Å². The molecule has 1 aliphatic heterocycles. The van der Waals surface area contributed by atoms with Crippen LogP contribution in [0.25, 0.3) is 11.3 Å². The molecule has 40 heavy (non-hydrogen) atoms. The molecule has 13 heteroatoms. The van der Waals surface area contributed by atoms with Crippen LogP contribution in [0.2, 0.25) is 0 Å². The first-order valence-electron chi connectivity index (χ1n) is 12.9. The van der Waals surface area contributed by atoms with Crippen molar-refractivity contribution >= 4 is 22.9 Å². The second-order valence-electron chi connectivity index (χ2n) is 9.39. The van der Waals surface area contributed by atoms with Crippen LogP contribution in [0.4, 0.5) is 5.69 Å². The molecular weight excluding hydrogens is 534 g/mol. The molecule has 0 bridgehead atoms. The van der Waals surface area contributed by atoms with E-state index in [1.165, 1.54) is 11.7 Å². The Bertz CT molecular complexity index is 1690. The number of aryl methyl sites for hydroxylation is 4. The van der Waals surface area contributed by atoms with Crippen molar-refractivity contribution in [2.75, 3.05) is 20.3 Å². The monoisotopic (exact) mass is 565 g/mol. The lowest BCUT2D eigenvalue weighted by molar-refractivity contribution is 0.0939. The van der Waals surface area contributed by atoms with Gasteiger partial charge in [0.2, 0.25) is 0 Å². The van der Waals surface area contributed by atoms with E-state index < -0.39 is 11.8 Å². The molecule has 0 fully saturated rings. The Hall–Kier alpha value is -4.39. The van der Waals surface area contributed by atoms with Crippen LogP contribution in [-0.2, 0) is 26.6 Å². The first kappa shape index (κ1) is 27.2. The molecule has 2 N–H and O–H groups in total. The number of fused-ring (bicyclic) bond motifs is 3. The molecule has 1 amide bonds. The second-order valence-corrected chi connectivity index (χ2v) is 10.5. The van der Waals surface area contributed by atoms with Gasteiger partial charge in [-0.25, -0.2) is 14.5 Å². The first-order valence-corrected chi connectivity index (χ1v) is 13.8. The molecule has 1 aliphatic rings. The quantitative estimate of drug-likeness (QED) is 0.335. The molecule has 210 valence electrons. The molecular formula is C27H31N7O5S. The normalized spacial score (nSPS) is 12.7. The topological polar surface area (TPSA) is 138 Å². The molecule has 0 saturated heterocycles. The summed E-state index contributed by atoms with van der Waals surface area (Å²) < 4.78 is 15.9. The number of carbonyl (C=O) groups excluding carboxylic acids is 1. The van der Waals surface area contributed by atoms with Gasteiger partial charge in [-0.1, -0.05) is 10.3 Å². The summed E-state index contributed by atoms with van der Waals surface area (Å²) in [4.78, 5) is 32.5. The smallest absolute Gasteiger partial charge is 0.330 e. The van der Waals surface area contributed by atoms with Crippen LogP contribution in [0.15, 0.2) is 33.4 Å². The van der Waals surface area contributed by atoms with Crippen molar-refractivity contribution in [3.63, 3.8) is 0 Å². The Morgan fingerprint density at radius 3 is 2.70 bits per heavy atom. The molecule has 0 saturated carbocycles. The standard InChI is InChI=1S/C27H31N7O5S/c1-6-39-21-11-17-7-9-33-19(18(17)12-20(21)38-5)13-22(29-23-15(2)14-40-16(23)3)34(27(33)37)10-8-28-25(35)24-26(36)30-31-32(24)4/h11-14,36H,6-10H2,1-5H3,(H,28,35). The van der Waals surface area contributed by atoms with Gasteiger partial charge in [0.1, 0.15) is 5.49 Å². The van der Waals surface area contributed by atoms with Crippen molar-refractivity contribution in [3.05, 3.63) is 61.2 Å². The van der Waals surface area contributed by atoms with Gasteiger partial charge in [0.15, 0.2) is 17.2 Å². The van der Waals surface area contributed by atoms with Gasteiger partial charge < -0.3 is 19.9 Å². The maximum Gasteiger partial charge on any atom is 0.330 e. The molecule has 1 aromatic carbocycles. The minimum absolute atomic E-state index is 0.0569. The fourth-order valence-electron chi connectivity index (χ4n) is 4.88. The van der Waals surface area contributed by atoms with Crippen LogP contribution < -0.4 is 26.0 Å². The third-order valence-electron chi connectivity index (χ3n) is 6.86. The Morgan fingerprint density at radius 2 is 2.05 bits per heavy atom. The van der Waals surface area contributed by atoms with Gasteiger partial charge in [-0.15, -0.1) is 11.3 Å². The third-order valence-corrected chi connectivity index (χ3v) is 7.87. The van der Waals surface area contributed by atoms with E-state index in [0.29, 0.717) is 36.6 Å². The van der Waals surface area contributed by atoms with E-state index in [1.54, 1.807) is 27.6 Å². The number of ether oxygens (including phenoxy) is 2. The molecule has 12 nitrogen and oxygen atoms in total. The number of hydrogen-bond donors (Lipinski definition) is 2. The van der Waals surface area contributed by atoms with E-state index in [0.717, 1.165) is 32.9 Å². The van der Waals surface area contributed by atoms with Crippen molar-refractivity contribution in [2.24, 2.45) is 12.0 Å². The summed E-state index contributed by atoms with van der Waals surface area (Å²) in [5.74, 6) is 0.266. The van der Waals surface area contributed by atoms with E-state index in [-0.39, 0.29) is 24.5 Å². The predicted octanol–water partition coefficient (Wildman–Crippen LogP) is 2.46. The SMILES string of the molecule is CCOc1cc2c(cc1OC)-c1cc(=Nc3c(C)csc3C)n(CCNC(=O)c3c(O)nnn3C)c(=O)n1CC2. The Labute approximate surface area is 234 Å². The molecule has 0 radical (unpaired) electrons. The number of carbonyl (C=O) groups is 1. The van der Waals surface area contributed by atoms with Crippen LogP contribution in [0.3, 0.4) is 0 Å². The van der Waals surface area contributed by atoms with E-state index >= 15 is 0 Å². The lowest BCUT2D eigenvalue weighted by Gasteiger charge is -2.25. The molecule has 4 heterocycles. The fraction of sp³-hybridized carbons (Fsp3) is 0.370. The van der Waals surface area contributed by atoms with E-state index in [4.69, 9.17) is 14.5 Å². The number of methoxy groups -OCH3 is 1. The minimum atomic E-state index is -0.544. The molecule has 0 spiro atoms. The average molecular weight is 566 g/mol. The van der Waals surface area contributed by atoms with Gasteiger partial charge in [-0.3, -0.25) is 13.9 Å². The zero-order valence-electron chi connectivity index (χ0n) is 23.0. The summed E-state index contributed by atoms with van der Waals surface area (Å²) in [6, 6.07) is 5.80. The van der Waals surface area contributed by atoms with Gasteiger partial charge in [-0.05, 0) is 55.8 Å². The van der Waals surface area contributed by atoms with Crippen LogP contribution in [0.5, 0.6) is 17.4 Å². The number of amides is 1. The molecule has 0 unspecified atom stereocenters. The number of aromatic nitrogens is 5. The van der Waals surface area contributed by atoms with Gasteiger partial charge >= 0.3 is 5.69 Å². The lowest BCUT2D eigenvalue weighted by Crippen LogP contribution is -2.44. The first-order chi connectivity index (χ1) is 19.2. The van der Waals surface area contributed by atoms with Gasteiger partial charge in [0.05, 0.1) is 25.1 Å². The third kappa shape index (κ3) is 4.88. The van der Waals surface area contributed by atoms with Crippen molar-refractivity contribution in [1.82, 2.24) is 29.4 Å². The van der Waals surface area contributed by atoms with Crippen molar-refractivity contribution in [1.29, 1.82) is 0 Å². The summed E-state index contributed by atoms with van der Waals surface area (Å²) in [6.45, 7) is 7.19. The van der Waals surface area contributed by atoms with Gasteiger partial charge in [0, 0.05) is 43.2 Å². The highest BCUT2D eigenvalue weighted by Crippen LogP contribution is 2.38. The number of aromatic hydroxyl groups is 1. The Kier molecular flexibility index (Phi) is 7.48.